The molecule has 0 amide bonds. The average Bonchev–Trinajstić information content (AvgIpc) is 2.39. The van der Waals surface area contributed by atoms with Gasteiger partial charge in [0, 0.05) is 25.3 Å². The van der Waals surface area contributed by atoms with Gasteiger partial charge in [-0.3, -0.25) is 0 Å². The Kier molecular flexibility index (Phi) is 3.83. The summed E-state index contributed by atoms with van der Waals surface area (Å²) < 4.78 is 0. The fourth-order valence-electron chi connectivity index (χ4n) is 2.29. The van der Waals surface area contributed by atoms with Crippen LogP contribution in [0.3, 0.4) is 0 Å². The smallest absolute Gasteiger partial charge is 0.0476 e. The molecule has 0 aliphatic rings. The van der Waals surface area contributed by atoms with Gasteiger partial charge in [-0.1, -0.05) is 54.6 Å². The highest BCUT2D eigenvalue weighted by atomic mass is 15.1. The van der Waals surface area contributed by atoms with Gasteiger partial charge in [0.25, 0.3) is 0 Å². The molecule has 0 aromatic heterocycles. The first kappa shape index (κ1) is 12.4. The zero-order chi connectivity index (χ0) is 13.0. The standard InChI is InChI=1S/C17H19N/c1-4-9-15-12-8-13-16(17(15)18(2)3)14-10-6-5-7-11-14/h4-8,10-13H,1,9H2,2-3H3. The summed E-state index contributed by atoms with van der Waals surface area (Å²) in [7, 11) is 4.18. The summed E-state index contributed by atoms with van der Waals surface area (Å²) >= 11 is 0. The molecule has 0 unspecified atom stereocenters. The molecule has 0 aliphatic carbocycles. The second kappa shape index (κ2) is 5.54. The third kappa shape index (κ3) is 2.45. The SMILES string of the molecule is C=CCc1cccc(-c2ccccc2)c1N(C)C. The van der Waals surface area contributed by atoms with E-state index in [-0.39, 0.29) is 0 Å². The molecule has 0 N–H and O–H groups in total. The van der Waals surface area contributed by atoms with E-state index in [1.54, 1.807) is 0 Å². The molecule has 0 atom stereocenters. The van der Waals surface area contributed by atoms with E-state index in [0.29, 0.717) is 0 Å². The van der Waals surface area contributed by atoms with E-state index in [1.807, 2.05) is 12.1 Å². The van der Waals surface area contributed by atoms with E-state index >= 15 is 0 Å². The number of hydrogen-bond acceptors (Lipinski definition) is 1. The van der Waals surface area contributed by atoms with Crippen LogP contribution in [0.25, 0.3) is 11.1 Å². The van der Waals surface area contributed by atoms with Gasteiger partial charge in [-0.05, 0) is 17.5 Å². The van der Waals surface area contributed by atoms with Crippen molar-refractivity contribution in [2.24, 2.45) is 0 Å². The van der Waals surface area contributed by atoms with E-state index < -0.39 is 0 Å². The molecular formula is C17H19N. The van der Waals surface area contributed by atoms with Gasteiger partial charge < -0.3 is 4.90 Å². The van der Waals surface area contributed by atoms with E-state index in [0.717, 1.165) is 6.42 Å². The van der Waals surface area contributed by atoms with Crippen molar-refractivity contribution in [3.8, 4) is 11.1 Å². The molecule has 0 saturated heterocycles. The van der Waals surface area contributed by atoms with Crippen LogP contribution in [0.15, 0.2) is 61.2 Å². The molecule has 2 rings (SSSR count). The summed E-state index contributed by atoms with van der Waals surface area (Å²) in [5.74, 6) is 0. The first-order valence-electron chi connectivity index (χ1n) is 6.19. The minimum absolute atomic E-state index is 0.897. The molecule has 1 nitrogen and oxygen atoms in total. The highest BCUT2D eigenvalue weighted by Gasteiger charge is 2.10. The average molecular weight is 237 g/mol. The molecule has 0 bridgehead atoms. The van der Waals surface area contributed by atoms with Gasteiger partial charge in [-0.25, -0.2) is 0 Å². The van der Waals surface area contributed by atoms with E-state index in [4.69, 9.17) is 0 Å². The number of nitrogens with zero attached hydrogens (tertiary/aromatic N) is 1. The van der Waals surface area contributed by atoms with Crippen molar-refractivity contribution in [2.75, 3.05) is 19.0 Å². The summed E-state index contributed by atoms with van der Waals surface area (Å²) in [6, 6.07) is 17.0. The lowest BCUT2D eigenvalue weighted by atomic mass is 9.98. The number of rotatable bonds is 4. The summed E-state index contributed by atoms with van der Waals surface area (Å²) in [4.78, 5) is 2.18. The molecule has 2 aromatic rings. The number of benzene rings is 2. The zero-order valence-electron chi connectivity index (χ0n) is 11.1. The largest absolute Gasteiger partial charge is 0.377 e. The monoisotopic (exact) mass is 237 g/mol. The van der Waals surface area contributed by atoms with Crippen LogP contribution >= 0.6 is 0 Å². The van der Waals surface area contributed by atoms with Gasteiger partial charge in [0.2, 0.25) is 0 Å². The van der Waals surface area contributed by atoms with Gasteiger partial charge in [0.15, 0.2) is 0 Å². The van der Waals surface area contributed by atoms with Crippen molar-refractivity contribution in [3.63, 3.8) is 0 Å². The molecule has 2 aromatic carbocycles. The quantitative estimate of drug-likeness (QED) is 0.722. The second-order valence-electron chi connectivity index (χ2n) is 4.57. The van der Waals surface area contributed by atoms with Crippen LogP contribution in [0.2, 0.25) is 0 Å². The van der Waals surface area contributed by atoms with Crippen molar-refractivity contribution in [3.05, 3.63) is 66.7 Å². The lowest BCUT2D eigenvalue weighted by Crippen LogP contribution is -2.12. The Bertz CT molecular complexity index is 527. The lowest BCUT2D eigenvalue weighted by Gasteiger charge is -2.21. The topological polar surface area (TPSA) is 3.24 Å². The highest BCUT2D eigenvalue weighted by Crippen LogP contribution is 2.33. The third-order valence-corrected chi connectivity index (χ3v) is 3.02. The van der Waals surface area contributed by atoms with Crippen LogP contribution in [0.1, 0.15) is 5.56 Å². The second-order valence-corrected chi connectivity index (χ2v) is 4.57. The summed E-state index contributed by atoms with van der Waals surface area (Å²) in [5.41, 5.74) is 5.13. The molecule has 92 valence electrons. The van der Waals surface area contributed by atoms with Crippen molar-refractivity contribution < 1.29 is 0 Å². The van der Waals surface area contributed by atoms with Crippen molar-refractivity contribution in [1.29, 1.82) is 0 Å². The molecule has 0 saturated carbocycles. The van der Waals surface area contributed by atoms with E-state index in [9.17, 15) is 0 Å². The number of hydrogen-bond donors (Lipinski definition) is 0. The Hall–Kier alpha value is -2.02. The Morgan fingerprint density at radius 3 is 2.33 bits per heavy atom. The lowest BCUT2D eigenvalue weighted by molar-refractivity contribution is 1.10. The van der Waals surface area contributed by atoms with Crippen LogP contribution < -0.4 is 4.90 Å². The summed E-state index contributed by atoms with van der Waals surface area (Å²) in [6.45, 7) is 3.84. The zero-order valence-corrected chi connectivity index (χ0v) is 11.1. The Morgan fingerprint density at radius 1 is 1.00 bits per heavy atom. The Balaban J connectivity index is 2.60. The molecule has 0 spiro atoms. The van der Waals surface area contributed by atoms with Gasteiger partial charge in [-0.2, -0.15) is 0 Å². The Morgan fingerprint density at radius 2 is 1.72 bits per heavy atom. The Labute approximate surface area is 109 Å². The molecule has 1 heteroatoms. The van der Waals surface area contributed by atoms with Crippen LogP contribution in [0, 0.1) is 0 Å². The van der Waals surface area contributed by atoms with Crippen molar-refractivity contribution in [1.82, 2.24) is 0 Å². The maximum atomic E-state index is 3.84. The normalized spacial score (nSPS) is 10.1. The first-order chi connectivity index (χ1) is 8.74. The molecule has 0 fully saturated rings. The molecule has 18 heavy (non-hydrogen) atoms. The maximum Gasteiger partial charge on any atom is 0.0476 e. The maximum absolute atomic E-state index is 3.84. The highest BCUT2D eigenvalue weighted by molar-refractivity contribution is 5.80. The molecule has 0 aliphatic heterocycles. The van der Waals surface area contributed by atoms with E-state index in [1.165, 1.54) is 22.4 Å². The molecule has 0 radical (unpaired) electrons. The van der Waals surface area contributed by atoms with Crippen molar-refractivity contribution >= 4 is 5.69 Å². The van der Waals surface area contributed by atoms with Crippen molar-refractivity contribution in [2.45, 2.75) is 6.42 Å². The number of para-hydroxylation sites is 1. The number of anilines is 1. The minimum atomic E-state index is 0.897. The van der Waals surface area contributed by atoms with Gasteiger partial charge >= 0.3 is 0 Å². The third-order valence-electron chi connectivity index (χ3n) is 3.02. The van der Waals surface area contributed by atoms with Crippen LogP contribution in [-0.2, 0) is 6.42 Å². The van der Waals surface area contributed by atoms with E-state index in [2.05, 4.69) is 68.0 Å². The van der Waals surface area contributed by atoms with Gasteiger partial charge in [0.1, 0.15) is 0 Å². The summed E-state index contributed by atoms with van der Waals surface area (Å²) in [6.07, 6.45) is 2.85. The van der Waals surface area contributed by atoms with Crippen LogP contribution in [-0.4, -0.2) is 14.1 Å². The fraction of sp³-hybridized carbons (Fsp3) is 0.176. The predicted molar refractivity (Wildman–Crippen MR) is 80.1 cm³/mol. The molecular weight excluding hydrogens is 218 g/mol. The summed E-state index contributed by atoms with van der Waals surface area (Å²) in [5, 5.41) is 0. The first-order valence-corrected chi connectivity index (χ1v) is 6.19. The predicted octanol–water partition coefficient (Wildman–Crippen LogP) is 4.15. The van der Waals surface area contributed by atoms with Crippen LogP contribution in [0.4, 0.5) is 5.69 Å². The van der Waals surface area contributed by atoms with Gasteiger partial charge in [0.05, 0.1) is 0 Å². The molecule has 0 heterocycles. The fourth-order valence-corrected chi connectivity index (χ4v) is 2.29. The van der Waals surface area contributed by atoms with Crippen LogP contribution in [0.5, 0.6) is 0 Å². The van der Waals surface area contributed by atoms with Gasteiger partial charge in [-0.15, -0.1) is 6.58 Å². The minimum Gasteiger partial charge on any atom is -0.377 e. The number of allylic oxidation sites excluding steroid dienone is 1.